The number of hydrogen-bond donors (Lipinski definition) is 0. The molecule has 0 atom stereocenters. The van der Waals surface area contributed by atoms with Gasteiger partial charge >= 0.3 is 0 Å². The molecule has 2 aromatic heterocycles. The lowest BCUT2D eigenvalue weighted by molar-refractivity contribution is 0.771. The van der Waals surface area contributed by atoms with Crippen LogP contribution in [0.1, 0.15) is 13.8 Å². The molecule has 2 rings (SSSR count). The molecule has 0 aliphatic rings. The zero-order chi connectivity index (χ0) is 9.68. The summed E-state index contributed by atoms with van der Waals surface area (Å²) in [6.45, 7) is 4.00. The Bertz CT molecular complexity index is 335. The van der Waals surface area contributed by atoms with E-state index in [1.165, 1.54) is 4.88 Å². The van der Waals surface area contributed by atoms with Crippen molar-refractivity contribution < 1.29 is 0 Å². The van der Waals surface area contributed by atoms with E-state index >= 15 is 0 Å². The molecular formula is C10H14N2S. The topological polar surface area (TPSA) is 17.8 Å². The van der Waals surface area contributed by atoms with E-state index in [4.69, 9.17) is 0 Å². The first kappa shape index (κ1) is 9.99. The Morgan fingerprint density at radius 1 is 1.31 bits per heavy atom. The Hall–Kier alpha value is -1.09. The standard InChI is InChI=1S/C8H8N2S.C2H6/c1-10-5-4-7(9-10)8-3-2-6-11-8;1-2/h2-6H,1H3;1-2H3. The van der Waals surface area contributed by atoms with Crippen LogP contribution in [0.25, 0.3) is 10.6 Å². The molecule has 70 valence electrons. The normalized spacial score (nSPS) is 9.15. The van der Waals surface area contributed by atoms with Crippen LogP contribution in [-0.2, 0) is 7.05 Å². The quantitative estimate of drug-likeness (QED) is 0.681. The molecule has 0 aromatic carbocycles. The molecule has 0 saturated carbocycles. The maximum atomic E-state index is 4.28. The highest BCUT2D eigenvalue weighted by atomic mass is 32.1. The Balaban J connectivity index is 0.000000396. The molecule has 3 heteroatoms. The zero-order valence-corrected chi connectivity index (χ0v) is 9.01. The summed E-state index contributed by atoms with van der Waals surface area (Å²) in [4.78, 5) is 1.23. The minimum absolute atomic E-state index is 1.06. The fourth-order valence-electron chi connectivity index (χ4n) is 0.971. The van der Waals surface area contributed by atoms with Gasteiger partial charge in [0.2, 0.25) is 0 Å². The van der Waals surface area contributed by atoms with Crippen LogP contribution in [0.3, 0.4) is 0 Å². The summed E-state index contributed by atoms with van der Waals surface area (Å²) in [5.74, 6) is 0. The summed E-state index contributed by atoms with van der Waals surface area (Å²) in [5.41, 5.74) is 1.06. The van der Waals surface area contributed by atoms with Gasteiger partial charge in [-0.1, -0.05) is 19.9 Å². The van der Waals surface area contributed by atoms with Crippen molar-refractivity contribution in [1.82, 2.24) is 9.78 Å². The zero-order valence-electron chi connectivity index (χ0n) is 8.19. The maximum Gasteiger partial charge on any atom is 0.102 e. The second-order valence-corrected chi connectivity index (χ2v) is 3.30. The lowest BCUT2D eigenvalue weighted by Gasteiger charge is -1.87. The third kappa shape index (κ3) is 2.42. The van der Waals surface area contributed by atoms with Gasteiger partial charge in [-0.3, -0.25) is 4.68 Å². The highest BCUT2D eigenvalue weighted by Gasteiger charge is 1.99. The minimum atomic E-state index is 1.06. The molecule has 0 bridgehead atoms. The fraction of sp³-hybridized carbons (Fsp3) is 0.300. The molecule has 2 aromatic rings. The van der Waals surface area contributed by atoms with Gasteiger partial charge in [-0.25, -0.2) is 0 Å². The lowest BCUT2D eigenvalue weighted by atomic mass is 10.4. The van der Waals surface area contributed by atoms with Gasteiger partial charge in [-0.05, 0) is 17.5 Å². The van der Waals surface area contributed by atoms with Gasteiger partial charge in [0.25, 0.3) is 0 Å². The second kappa shape index (κ2) is 4.82. The molecule has 0 spiro atoms. The summed E-state index contributed by atoms with van der Waals surface area (Å²) in [7, 11) is 1.93. The van der Waals surface area contributed by atoms with Crippen LogP contribution in [-0.4, -0.2) is 9.78 Å². The molecule has 2 nitrogen and oxygen atoms in total. The molecule has 0 aliphatic carbocycles. The van der Waals surface area contributed by atoms with E-state index in [1.54, 1.807) is 11.3 Å². The lowest BCUT2D eigenvalue weighted by Crippen LogP contribution is -1.86. The molecule has 0 N–H and O–H groups in total. The second-order valence-electron chi connectivity index (χ2n) is 2.35. The van der Waals surface area contributed by atoms with Crippen molar-refractivity contribution in [1.29, 1.82) is 0 Å². The first-order valence-corrected chi connectivity index (χ1v) is 5.28. The Labute approximate surface area is 82.8 Å². The van der Waals surface area contributed by atoms with Crippen LogP contribution in [0.4, 0.5) is 0 Å². The first-order chi connectivity index (χ1) is 6.36. The van der Waals surface area contributed by atoms with Crippen molar-refractivity contribution in [3.63, 3.8) is 0 Å². The molecule has 0 unspecified atom stereocenters. The fourth-order valence-corrected chi connectivity index (χ4v) is 1.66. The number of nitrogens with zero attached hydrogens (tertiary/aromatic N) is 2. The molecule has 13 heavy (non-hydrogen) atoms. The first-order valence-electron chi connectivity index (χ1n) is 4.40. The van der Waals surface area contributed by atoms with Crippen LogP contribution in [0.5, 0.6) is 0 Å². The number of aromatic nitrogens is 2. The van der Waals surface area contributed by atoms with E-state index in [0.717, 1.165) is 5.69 Å². The molecule has 0 saturated heterocycles. The van der Waals surface area contributed by atoms with E-state index in [-0.39, 0.29) is 0 Å². The van der Waals surface area contributed by atoms with E-state index < -0.39 is 0 Å². The summed E-state index contributed by atoms with van der Waals surface area (Å²) in [6, 6.07) is 6.13. The highest BCUT2D eigenvalue weighted by Crippen LogP contribution is 2.21. The predicted octanol–water partition coefficient (Wildman–Crippen LogP) is 3.17. The van der Waals surface area contributed by atoms with Crippen molar-refractivity contribution >= 4 is 11.3 Å². The molecule has 0 fully saturated rings. The van der Waals surface area contributed by atoms with Crippen LogP contribution >= 0.6 is 11.3 Å². The number of thiophene rings is 1. The molecule has 2 heterocycles. The number of rotatable bonds is 1. The Morgan fingerprint density at radius 2 is 2.08 bits per heavy atom. The average molecular weight is 194 g/mol. The van der Waals surface area contributed by atoms with Gasteiger partial charge in [0.1, 0.15) is 5.69 Å². The minimum Gasteiger partial charge on any atom is -0.275 e. The highest BCUT2D eigenvalue weighted by molar-refractivity contribution is 7.13. The third-order valence-electron chi connectivity index (χ3n) is 1.49. The maximum absolute atomic E-state index is 4.28. The van der Waals surface area contributed by atoms with Crippen molar-refractivity contribution in [2.24, 2.45) is 7.05 Å². The van der Waals surface area contributed by atoms with Crippen LogP contribution in [0.2, 0.25) is 0 Å². The summed E-state index contributed by atoms with van der Waals surface area (Å²) >= 11 is 1.71. The summed E-state index contributed by atoms with van der Waals surface area (Å²) in [6.07, 6.45) is 1.95. The molecule has 0 aliphatic heterocycles. The Kier molecular flexibility index (Phi) is 3.71. The monoisotopic (exact) mass is 194 g/mol. The molecule has 0 amide bonds. The summed E-state index contributed by atoms with van der Waals surface area (Å²) < 4.78 is 1.81. The van der Waals surface area contributed by atoms with E-state index in [2.05, 4.69) is 16.5 Å². The van der Waals surface area contributed by atoms with Gasteiger partial charge in [-0.2, -0.15) is 5.10 Å². The van der Waals surface area contributed by atoms with Crippen LogP contribution in [0.15, 0.2) is 29.8 Å². The van der Waals surface area contributed by atoms with E-state index in [1.807, 2.05) is 43.9 Å². The third-order valence-corrected chi connectivity index (χ3v) is 2.38. The molecule has 0 radical (unpaired) electrons. The van der Waals surface area contributed by atoms with Gasteiger partial charge in [0, 0.05) is 13.2 Å². The average Bonchev–Trinajstić information content (AvgIpc) is 2.77. The smallest absolute Gasteiger partial charge is 0.102 e. The van der Waals surface area contributed by atoms with Crippen molar-refractivity contribution in [3.8, 4) is 10.6 Å². The number of hydrogen-bond acceptors (Lipinski definition) is 2. The molecular weight excluding hydrogens is 180 g/mol. The van der Waals surface area contributed by atoms with Crippen molar-refractivity contribution in [3.05, 3.63) is 29.8 Å². The predicted molar refractivity (Wildman–Crippen MR) is 57.9 cm³/mol. The van der Waals surface area contributed by atoms with Crippen molar-refractivity contribution in [2.75, 3.05) is 0 Å². The van der Waals surface area contributed by atoms with Gasteiger partial charge in [-0.15, -0.1) is 11.3 Å². The largest absolute Gasteiger partial charge is 0.275 e. The van der Waals surface area contributed by atoms with Crippen molar-refractivity contribution in [2.45, 2.75) is 13.8 Å². The van der Waals surface area contributed by atoms with E-state index in [9.17, 15) is 0 Å². The van der Waals surface area contributed by atoms with Crippen LogP contribution < -0.4 is 0 Å². The van der Waals surface area contributed by atoms with Crippen LogP contribution in [0, 0.1) is 0 Å². The van der Waals surface area contributed by atoms with Gasteiger partial charge < -0.3 is 0 Å². The summed E-state index contributed by atoms with van der Waals surface area (Å²) in [5, 5.41) is 6.34. The van der Waals surface area contributed by atoms with Gasteiger partial charge in [0.15, 0.2) is 0 Å². The SMILES string of the molecule is CC.Cn1ccc(-c2cccs2)n1. The number of aryl methyl sites for hydroxylation is 1. The van der Waals surface area contributed by atoms with E-state index in [0.29, 0.717) is 0 Å². The Morgan fingerprint density at radius 3 is 2.54 bits per heavy atom. The van der Waals surface area contributed by atoms with Gasteiger partial charge in [0.05, 0.1) is 4.88 Å².